The topological polar surface area (TPSA) is 61.2 Å². The third-order valence-electron chi connectivity index (χ3n) is 2.14. The van der Waals surface area contributed by atoms with Gasteiger partial charge in [0.15, 0.2) is 6.19 Å². The maximum absolute atomic E-state index is 11.5. The SMILES string of the molecule is Cc1ccc2c(c1)C(=O)N(C#N)C2=O. The molecule has 2 rings (SSSR count). The van der Waals surface area contributed by atoms with E-state index < -0.39 is 11.8 Å². The van der Waals surface area contributed by atoms with Gasteiger partial charge in [-0.05, 0) is 19.1 Å². The van der Waals surface area contributed by atoms with E-state index in [4.69, 9.17) is 5.26 Å². The molecule has 1 aromatic rings. The molecule has 0 fully saturated rings. The van der Waals surface area contributed by atoms with Crippen LogP contribution in [0.1, 0.15) is 26.3 Å². The predicted octanol–water partition coefficient (Wildman–Crippen LogP) is 1.07. The molecule has 0 saturated heterocycles. The molecular weight excluding hydrogens is 180 g/mol. The zero-order chi connectivity index (χ0) is 10.3. The summed E-state index contributed by atoms with van der Waals surface area (Å²) in [5.41, 5.74) is 1.52. The largest absolute Gasteiger partial charge is 0.275 e. The van der Waals surface area contributed by atoms with Gasteiger partial charge in [0, 0.05) is 0 Å². The highest BCUT2D eigenvalue weighted by Gasteiger charge is 2.35. The Morgan fingerprint density at radius 3 is 2.50 bits per heavy atom. The molecule has 14 heavy (non-hydrogen) atoms. The fourth-order valence-corrected chi connectivity index (χ4v) is 1.45. The number of carbonyl (C=O) groups is 2. The van der Waals surface area contributed by atoms with Crippen LogP contribution in [-0.4, -0.2) is 16.7 Å². The number of aryl methyl sites for hydroxylation is 1. The summed E-state index contributed by atoms with van der Waals surface area (Å²) < 4.78 is 0. The van der Waals surface area contributed by atoms with Crippen molar-refractivity contribution in [2.24, 2.45) is 0 Å². The highest BCUT2D eigenvalue weighted by Crippen LogP contribution is 2.22. The van der Waals surface area contributed by atoms with E-state index in [-0.39, 0.29) is 0 Å². The van der Waals surface area contributed by atoms with Crippen molar-refractivity contribution in [3.63, 3.8) is 0 Å². The second-order valence-electron chi connectivity index (χ2n) is 3.09. The Balaban J connectivity index is 2.66. The monoisotopic (exact) mass is 186 g/mol. The standard InChI is InChI=1S/C10H6N2O2/c1-6-2-3-7-8(4-6)10(14)12(5-11)9(7)13/h2-4H,1H3. The first kappa shape index (κ1) is 8.45. The number of imide groups is 1. The summed E-state index contributed by atoms with van der Waals surface area (Å²) in [6.07, 6.45) is 1.56. The molecule has 1 heterocycles. The maximum Gasteiger partial charge on any atom is 0.275 e. The molecular formula is C10H6N2O2. The van der Waals surface area contributed by atoms with Gasteiger partial charge in [-0.1, -0.05) is 11.6 Å². The van der Waals surface area contributed by atoms with Crippen LogP contribution < -0.4 is 0 Å². The van der Waals surface area contributed by atoms with Crippen LogP contribution in [-0.2, 0) is 0 Å². The smallest absolute Gasteiger partial charge is 0.267 e. The van der Waals surface area contributed by atoms with Gasteiger partial charge in [-0.2, -0.15) is 10.2 Å². The minimum absolute atomic E-state index is 0.308. The average molecular weight is 186 g/mol. The molecule has 0 aliphatic carbocycles. The summed E-state index contributed by atoms with van der Waals surface area (Å²) in [4.78, 5) is 23.5. The van der Waals surface area contributed by atoms with Gasteiger partial charge in [-0.3, -0.25) is 9.59 Å². The zero-order valence-corrected chi connectivity index (χ0v) is 7.44. The summed E-state index contributed by atoms with van der Waals surface area (Å²) in [5.74, 6) is -1.07. The number of nitriles is 1. The molecule has 0 saturated carbocycles. The molecule has 2 amide bonds. The lowest BCUT2D eigenvalue weighted by Gasteiger charge is -1.97. The molecule has 0 atom stereocenters. The molecule has 68 valence electrons. The number of rotatable bonds is 0. The van der Waals surface area contributed by atoms with Gasteiger partial charge in [0.1, 0.15) is 0 Å². The average Bonchev–Trinajstić information content (AvgIpc) is 2.39. The maximum atomic E-state index is 11.5. The third kappa shape index (κ3) is 0.927. The zero-order valence-electron chi connectivity index (χ0n) is 7.44. The van der Waals surface area contributed by atoms with Crippen molar-refractivity contribution in [2.45, 2.75) is 6.92 Å². The van der Waals surface area contributed by atoms with Crippen molar-refractivity contribution in [3.05, 3.63) is 34.9 Å². The van der Waals surface area contributed by atoms with E-state index in [1.807, 2.05) is 6.92 Å². The summed E-state index contributed by atoms with van der Waals surface area (Å²) in [7, 11) is 0. The van der Waals surface area contributed by atoms with Crippen LogP contribution in [0.4, 0.5) is 0 Å². The van der Waals surface area contributed by atoms with Crippen LogP contribution in [0.15, 0.2) is 18.2 Å². The minimum Gasteiger partial charge on any atom is -0.267 e. The van der Waals surface area contributed by atoms with Crippen LogP contribution >= 0.6 is 0 Å². The third-order valence-corrected chi connectivity index (χ3v) is 2.14. The molecule has 4 nitrogen and oxygen atoms in total. The predicted molar refractivity (Wildman–Crippen MR) is 47.3 cm³/mol. The number of carbonyl (C=O) groups excluding carboxylic acids is 2. The second-order valence-corrected chi connectivity index (χ2v) is 3.09. The quantitative estimate of drug-likeness (QED) is 0.449. The van der Waals surface area contributed by atoms with E-state index >= 15 is 0 Å². The second kappa shape index (κ2) is 2.67. The Bertz CT molecular complexity index is 485. The van der Waals surface area contributed by atoms with Gasteiger partial charge >= 0.3 is 0 Å². The highest BCUT2D eigenvalue weighted by atomic mass is 16.2. The van der Waals surface area contributed by atoms with E-state index in [9.17, 15) is 9.59 Å². The molecule has 4 heteroatoms. The number of nitrogens with zero attached hydrogens (tertiary/aromatic N) is 2. The highest BCUT2D eigenvalue weighted by molar-refractivity contribution is 6.22. The normalized spacial score (nSPS) is 14.1. The lowest BCUT2D eigenvalue weighted by atomic mass is 10.1. The van der Waals surface area contributed by atoms with E-state index in [1.54, 1.807) is 24.4 Å². The van der Waals surface area contributed by atoms with Gasteiger partial charge in [0.05, 0.1) is 11.1 Å². The molecule has 1 aromatic carbocycles. The fourth-order valence-electron chi connectivity index (χ4n) is 1.45. The summed E-state index contributed by atoms with van der Waals surface area (Å²) >= 11 is 0. The Labute approximate surface area is 80.4 Å². The molecule has 0 radical (unpaired) electrons. The van der Waals surface area contributed by atoms with Gasteiger partial charge in [-0.15, -0.1) is 0 Å². The Morgan fingerprint density at radius 1 is 1.21 bits per heavy atom. The lowest BCUT2D eigenvalue weighted by Crippen LogP contribution is -2.23. The molecule has 0 N–H and O–H groups in total. The van der Waals surface area contributed by atoms with Crippen LogP contribution in [0.3, 0.4) is 0 Å². The Morgan fingerprint density at radius 2 is 1.86 bits per heavy atom. The first-order chi connectivity index (χ1) is 6.65. The van der Waals surface area contributed by atoms with Crippen molar-refractivity contribution in [3.8, 4) is 6.19 Å². The summed E-state index contributed by atoms with van der Waals surface area (Å²) in [6.45, 7) is 1.83. The van der Waals surface area contributed by atoms with Gasteiger partial charge < -0.3 is 0 Å². The molecule has 1 aliphatic rings. The van der Waals surface area contributed by atoms with Crippen LogP contribution in [0.2, 0.25) is 0 Å². The van der Waals surface area contributed by atoms with Crippen molar-refractivity contribution in [2.75, 3.05) is 0 Å². The van der Waals surface area contributed by atoms with E-state index in [0.29, 0.717) is 16.0 Å². The summed E-state index contributed by atoms with van der Waals surface area (Å²) in [5, 5.41) is 8.58. The van der Waals surface area contributed by atoms with Gasteiger partial charge in [0.25, 0.3) is 11.8 Å². The lowest BCUT2D eigenvalue weighted by molar-refractivity contribution is 0.0732. The van der Waals surface area contributed by atoms with Crippen molar-refractivity contribution >= 4 is 11.8 Å². The Kier molecular flexibility index (Phi) is 1.61. The van der Waals surface area contributed by atoms with E-state index in [0.717, 1.165) is 5.56 Å². The molecule has 1 aliphatic heterocycles. The van der Waals surface area contributed by atoms with Crippen LogP contribution in [0, 0.1) is 18.4 Å². The summed E-state index contributed by atoms with van der Waals surface area (Å²) in [6, 6.07) is 4.93. The Hall–Kier alpha value is -2.15. The van der Waals surface area contributed by atoms with E-state index in [1.165, 1.54) is 0 Å². The first-order valence-electron chi connectivity index (χ1n) is 4.04. The number of fused-ring (bicyclic) bond motifs is 1. The van der Waals surface area contributed by atoms with Gasteiger partial charge in [0.2, 0.25) is 0 Å². The fraction of sp³-hybridized carbons (Fsp3) is 0.100. The van der Waals surface area contributed by atoms with Crippen molar-refractivity contribution in [1.82, 2.24) is 4.90 Å². The first-order valence-corrected chi connectivity index (χ1v) is 4.04. The van der Waals surface area contributed by atoms with E-state index in [2.05, 4.69) is 0 Å². The molecule has 0 bridgehead atoms. The van der Waals surface area contributed by atoms with Crippen LogP contribution in [0.25, 0.3) is 0 Å². The number of hydrogen-bond acceptors (Lipinski definition) is 3. The van der Waals surface area contributed by atoms with Crippen molar-refractivity contribution in [1.29, 1.82) is 5.26 Å². The number of hydrogen-bond donors (Lipinski definition) is 0. The van der Waals surface area contributed by atoms with Gasteiger partial charge in [-0.25, -0.2) is 0 Å². The molecule has 0 unspecified atom stereocenters. The van der Waals surface area contributed by atoms with Crippen LogP contribution in [0.5, 0.6) is 0 Å². The number of amides is 2. The van der Waals surface area contributed by atoms with Crippen molar-refractivity contribution < 1.29 is 9.59 Å². The number of benzene rings is 1. The molecule has 0 aromatic heterocycles. The molecule has 0 spiro atoms. The minimum atomic E-state index is -0.535.